The van der Waals surface area contributed by atoms with E-state index in [1.54, 1.807) is 0 Å². The Balaban J connectivity index is 3.18. The Morgan fingerprint density at radius 3 is 2.12 bits per heavy atom. The van der Waals surface area contributed by atoms with Crippen molar-refractivity contribution in [3.63, 3.8) is 0 Å². The molecule has 1 aromatic rings. The third-order valence-electron chi connectivity index (χ3n) is 2.27. The van der Waals surface area contributed by atoms with Gasteiger partial charge in [-0.15, -0.1) is 0 Å². The molecule has 0 saturated carbocycles. The first-order valence-corrected chi connectivity index (χ1v) is 6.72. The molecular formula is C10H12ClNO3S. The van der Waals surface area contributed by atoms with Crippen LogP contribution in [-0.4, -0.2) is 24.7 Å². The molecule has 0 heterocycles. The first kappa shape index (κ1) is 13.0. The van der Waals surface area contributed by atoms with Crippen LogP contribution >= 0.6 is 11.6 Å². The van der Waals surface area contributed by atoms with E-state index in [1.165, 1.54) is 31.2 Å². The smallest absolute Gasteiger partial charge is 0.204 e. The van der Waals surface area contributed by atoms with Crippen molar-refractivity contribution in [2.45, 2.75) is 11.1 Å². The van der Waals surface area contributed by atoms with Crippen LogP contribution in [0, 0.1) is 0 Å². The predicted molar refractivity (Wildman–Crippen MR) is 64.3 cm³/mol. The minimum absolute atomic E-state index is 0.220. The lowest BCUT2D eigenvalue weighted by Gasteiger charge is -2.18. The highest BCUT2D eigenvalue weighted by atomic mass is 35.5. The predicted octanol–water partition coefficient (Wildman–Crippen LogP) is 1.45. The Hall–Kier alpha value is -1.07. The van der Waals surface area contributed by atoms with Gasteiger partial charge in [0.1, 0.15) is 0 Å². The van der Waals surface area contributed by atoms with Crippen LogP contribution in [0.1, 0.15) is 17.3 Å². The van der Waals surface area contributed by atoms with E-state index in [2.05, 4.69) is 0 Å². The van der Waals surface area contributed by atoms with Crippen molar-refractivity contribution in [2.75, 3.05) is 12.0 Å². The van der Waals surface area contributed by atoms with Gasteiger partial charge in [0.25, 0.3) is 0 Å². The molecule has 0 radical (unpaired) electrons. The molecule has 16 heavy (non-hydrogen) atoms. The maximum Gasteiger partial charge on any atom is 0.204 e. The Labute approximate surface area is 99.3 Å². The van der Waals surface area contributed by atoms with E-state index in [0.717, 1.165) is 6.26 Å². The fourth-order valence-electron chi connectivity index (χ4n) is 1.06. The number of nitrogens with two attached hydrogens (primary N) is 1. The maximum absolute atomic E-state index is 11.9. The molecule has 88 valence electrons. The highest BCUT2D eigenvalue weighted by Gasteiger charge is 2.41. The molecular weight excluding hydrogens is 250 g/mol. The molecule has 0 amide bonds. The Morgan fingerprint density at radius 2 is 1.75 bits per heavy atom. The van der Waals surface area contributed by atoms with Crippen molar-refractivity contribution in [2.24, 2.45) is 0 Å². The van der Waals surface area contributed by atoms with Gasteiger partial charge in [-0.1, -0.05) is 11.6 Å². The lowest BCUT2D eigenvalue weighted by atomic mass is 10.1. The second-order valence-corrected chi connectivity index (χ2v) is 6.98. The average Bonchev–Trinajstić information content (AvgIpc) is 2.16. The monoisotopic (exact) mass is 261 g/mol. The number of ketones is 1. The molecule has 2 N–H and O–H groups in total. The Bertz CT molecular complexity index is 505. The summed E-state index contributed by atoms with van der Waals surface area (Å²) >= 11 is 5.77. The third kappa shape index (κ3) is 2.36. The van der Waals surface area contributed by atoms with Gasteiger partial charge in [-0.3, -0.25) is 4.79 Å². The van der Waals surface area contributed by atoms with Crippen LogP contribution in [0.2, 0.25) is 0 Å². The van der Waals surface area contributed by atoms with Crippen molar-refractivity contribution in [1.82, 2.24) is 0 Å². The highest BCUT2D eigenvalue weighted by Crippen LogP contribution is 2.26. The molecule has 1 unspecified atom stereocenters. The van der Waals surface area contributed by atoms with Crippen LogP contribution in [0.4, 0.5) is 5.69 Å². The fourth-order valence-corrected chi connectivity index (χ4v) is 1.62. The van der Waals surface area contributed by atoms with E-state index in [9.17, 15) is 13.2 Å². The van der Waals surface area contributed by atoms with Crippen molar-refractivity contribution < 1.29 is 13.2 Å². The summed E-state index contributed by atoms with van der Waals surface area (Å²) in [5.41, 5.74) is 6.17. The first-order chi connectivity index (χ1) is 7.16. The van der Waals surface area contributed by atoms with Crippen LogP contribution in [-0.2, 0) is 9.84 Å². The first-order valence-electron chi connectivity index (χ1n) is 4.45. The zero-order valence-corrected chi connectivity index (χ0v) is 10.5. The number of rotatable bonds is 3. The zero-order valence-electron chi connectivity index (χ0n) is 8.90. The lowest BCUT2D eigenvalue weighted by molar-refractivity contribution is 0.0978. The molecule has 0 spiro atoms. The number of nitrogen functional groups attached to an aromatic ring is 1. The molecule has 0 saturated heterocycles. The van der Waals surface area contributed by atoms with Gasteiger partial charge in [-0.2, -0.15) is 0 Å². The van der Waals surface area contributed by atoms with E-state index < -0.39 is 19.8 Å². The number of hydrogen-bond acceptors (Lipinski definition) is 4. The Kier molecular flexibility index (Phi) is 3.30. The standard InChI is InChI=1S/C10H12ClNO3S/c1-10(11,16(2,14)15)9(13)7-3-5-8(12)6-4-7/h3-6H,12H2,1-2H3. The zero-order chi connectivity index (χ0) is 12.6. The summed E-state index contributed by atoms with van der Waals surface area (Å²) in [5, 5.41) is 0. The van der Waals surface area contributed by atoms with Gasteiger partial charge in [0.05, 0.1) is 0 Å². The van der Waals surface area contributed by atoms with Crippen molar-refractivity contribution >= 4 is 32.9 Å². The van der Waals surface area contributed by atoms with Crippen molar-refractivity contribution in [3.8, 4) is 0 Å². The van der Waals surface area contributed by atoms with E-state index in [4.69, 9.17) is 17.3 Å². The van der Waals surface area contributed by atoms with Gasteiger partial charge in [0.2, 0.25) is 4.21 Å². The summed E-state index contributed by atoms with van der Waals surface area (Å²) in [5.74, 6) is -0.656. The minimum Gasteiger partial charge on any atom is -0.399 e. The van der Waals surface area contributed by atoms with E-state index in [0.29, 0.717) is 5.69 Å². The second kappa shape index (κ2) is 4.07. The number of carbonyl (C=O) groups is 1. The number of hydrogen-bond donors (Lipinski definition) is 1. The van der Waals surface area contributed by atoms with Gasteiger partial charge >= 0.3 is 0 Å². The van der Waals surface area contributed by atoms with Crippen LogP contribution in [0.15, 0.2) is 24.3 Å². The van der Waals surface area contributed by atoms with Crippen LogP contribution < -0.4 is 5.73 Å². The van der Waals surface area contributed by atoms with Crippen LogP contribution in [0.3, 0.4) is 0 Å². The van der Waals surface area contributed by atoms with E-state index in [-0.39, 0.29) is 5.56 Å². The summed E-state index contributed by atoms with van der Waals surface area (Å²) in [6.07, 6.45) is 0.926. The number of carbonyl (C=O) groups excluding carboxylic acids is 1. The molecule has 0 aliphatic carbocycles. The largest absolute Gasteiger partial charge is 0.399 e. The van der Waals surface area contributed by atoms with Crippen molar-refractivity contribution in [1.29, 1.82) is 0 Å². The average molecular weight is 262 g/mol. The number of alkyl halides is 1. The maximum atomic E-state index is 11.9. The number of sulfone groups is 1. The van der Waals surface area contributed by atoms with Gasteiger partial charge in [0, 0.05) is 17.5 Å². The third-order valence-corrected chi connectivity index (χ3v) is 4.87. The summed E-state index contributed by atoms with van der Waals surface area (Å²) in [6, 6.07) is 5.93. The molecule has 1 atom stereocenters. The molecule has 4 nitrogen and oxygen atoms in total. The molecule has 0 fully saturated rings. The van der Waals surface area contributed by atoms with Crippen LogP contribution in [0.5, 0.6) is 0 Å². The highest BCUT2D eigenvalue weighted by molar-refractivity contribution is 7.94. The van der Waals surface area contributed by atoms with Gasteiger partial charge in [-0.25, -0.2) is 8.42 Å². The van der Waals surface area contributed by atoms with Gasteiger partial charge in [-0.05, 0) is 31.2 Å². The normalized spacial score (nSPS) is 15.4. The number of Topliss-reactive ketones (excluding diaryl/α,β-unsaturated/α-hetero) is 1. The SMILES string of the molecule is CC(Cl)(C(=O)c1ccc(N)cc1)S(C)(=O)=O. The summed E-state index contributed by atoms with van der Waals surface area (Å²) in [4.78, 5) is 11.9. The molecule has 6 heteroatoms. The number of benzene rings is 1. The summed E-state index contributed by atoms with van der Waals surface area (Å²) < 4.78 is 20.8. The second-order valence-electron chi connectivity index (χ2n) is 3.64. The topological polar surface area (TPSA) is 77.2 Å². The number of halogens is 1. The quantitative estimate of drug-likeness (QED) is 0.508. The van der Waals surface area contributed by atoms with Crippen LogP contribution in [0.25, 0.3) is 0 Å². The fraction of sp³-hybridized carbons (Fsp3) is 0.300. The Morgan fingerprint density at radius 1 is 1.31 bits per heavy atom. The molecule has 1 rings (SSSR count). The van der Waals surface area contributed by atoms with E-state index >= 15 is 0 Å². The van der Waals surface area contributed by atoms with Crippen molar-refractivity contribution in [3.05, 3.63) is 29.8 Å². The molecule has 0 aromatic heterocycles. The molecule has 0 aliphatic heterocycles. The summed E-state index contributed by atoms with van der Waals surface area (Å²) in [7, 11) is -3.68. The molecule has 1 aromatic carbocycles. The minimum atomic E-state index is -3.68. The summed E-state index contributed by atoms with van der Waals surface area (Å²) in [6.45, 7) is 1.17. The van der Waals surface area contributed by atoms with E-state index in [1.807, 2.05) is 0 Å². The molecule has 0 bridgehead atoms. The molecule has 0 aliphatic rings. The van der Waals surface area contributed by atoms with Gasteiger partial charge < -0.3 is 5.73 Å². The lowest BCUT2D eigenvalue weighted by Crippen LogP contribution is -2.37. The number of anilines is 1. The van der Waals surface area contributed by atoms with Gasteiger partial charge in [0.15, 0.2) is 15.6 Å².